The molecule has 0 spiro atoms. The second kappa shape index (κ2) is 8.26. The Morgan fingerprint density at radius 3 is 2.32 bits per heavy atom. The van der Waals surface area contributed by atoms with Crippen LogP contribution in [0.3, 0.4) is 0 Å². The molecular formula is C25H42N2O. The molecule has 0 radical (unpaired) electrons. The first-order valence-electron chi connectivity index (χ1n) is 11.3. The maximum Gasteiger partial charge on any atom is 0.119 e. The van der Waals surface area contributed by atoms with Gasteiger partial charge >= 0.3 is 0 Å². The second-order valence-corrected chi connectivity index (χ2v) is 10.8. The van der Waals surface area contributed by atoms with Crippen LogP contribution in [0.2, 0.25) is 0 Å². The second-order valence-electron chi connectivity index (χ2n) is 10.8. The van der Waals surface area contributed by atoms with E-state index in [1.54, 1.807) is 7.11 Å². The van der Waals surface area contributed by atoms with E-state index in [4.69, 9.17) is 4.74 Å². The van der Waals surface area contributed by atoms with E-state index in [9.17, 15) is 0 Å². The largest absolute Gasteiger partial charge is 0.497 e. The van der Waals surface area contributed by atoms with Gasteiger partial charge in [0.2, 0.25) is 0 Å². The lowest BCUT2D eigenvalue weighted by atomic mass is 9.57. The minimum Gasteiger partial charge on any atom is -0.497 e. The Morgan fingerprint density at radius 2 is 1.75 bits per heavy atom. The Bertz CT molecular complexity index is 661. The molecule has 2 fully saturated rings. The lowest BCUT2D eigenvalue weighted by Gasteiger charge is -2.49. The third-order valence-electron chi connectivity index (χ3n) is 7.42. The summed E-state index contributed by atoms with van der Waals surface area (Å²) in [6.07, 6.45) is 3.85. The molecule has 1 aromatic rings. The summed E-state index contributed by atoms with van der Waals surface area (Å²) in [7, 11) is 1.79. The number of methoxy groups -OCH3 is 1. The van der Waals surface area contributed by atoms with E-state index >= 15 is 0 Å². The molecule has 1 aliphatic heterocycles. The van der Waals surface area contributed by atoms with E-state index in [-0.39, 0.29) is 5.41 Å². The minimum atomic E-state index is 0.217. The zero-order valence-corrected chi connectivity index (χ0v) is 19.3. The van der Waals surface area contributed by atoms with Crippen molar-refractivity contribution in [1.29, 1.82) is 0 Å². The molecule has 0 aromatic heterocycles. The Hall–Kier alpha value is -1.22. The fourth-order valence-electron chi connectivity index (χ4n) is 5.46. The molecule has 0 bridgehead atoms. The van der Waals surface area contributed by atoms with Crippen LogP contribution < -0.4 is 9.64 Å². The van der Waals surface area contributed by atoms with E-state index in [0.29, 0.717) is 11.3 Å². The van der Waals surface area contributed by atoms with Gasteiger partial charge in [0.1, 0.15) is 5.75 Å². The predicted octanol–water partition coefficient (Wildman–Crippen LogP) is 5.58. The first-order chi connectivity index (χ1) is 13.1. The molecule has 1 aromatic carbocycles. The van der Waals surface area contributed by atoms with Gasteiger partial charge in [0.25, 0.3) is 0 Å². The van der Waals surface area contributed by atoms with Gasteiger partial charge in [0.05, 0.1) is 7.11 Å². The maximum atomic E-state index is 5.64. The summed E-state index contributed by atoms with van der Waals surface area (Å²) in [5, 5.41) is 0. The molecule has 1 saturated carbocycles. The van der Waals surface area contributed by atoms with Gasteiger partial charge in [-0.2, -0.15) is 0 Å². The summed E-state index contributed by atoms with van der Waals surface area (Å²) >= 11 is 0. The summed E-state index contributed by atoms with van der Waals surface area (Å²) < 4.78 is 5.64. The number of anilines is 1. The molecule has 3 rings (SSSR count). The lowest BCUT2D eigenvalue weighted by molar-refractivity contribution is 0.109. The Kier molecular flexibility index (Phi) is 6.34. The van der Waals surface area contributed by atoms with Crippen LogP contribution in [0.1, 0.15) is 66.4 Å². The van der Waals surface area contributed by atoms with Gasteiger partial charge in [-0.05, 0) is 65.7 Å². The Balaban J connectivity index is 1.87. The Morgan fingerprint density at radius 1 is 1.07 bits per heavy atom. The van der Waals surface area contributed by atoms with Crippen LogP contribution in [0.4, 0.5) is 5.69 Å². The maximum absolute atomic E-state index is 5.64. The van der Waals surface area contributed by atoms with Gasteiger partial charge in [-0.25, -0.2) is 0 Å². The quantitative estimate of drug-likeness (QED) is 0.657. The smallest absolute Gasteiger partial charge is 0.119 e. The third kappa shape index (κ3) is 4.50. The number of piperazine rings is 1. The van der Waals surface area contributed by atoms with Crippen molar-refractivity contribution in [3.63, 3.8) is 0 Å². The van der Waals surface area contributed by atoms with Crippen LogP contribution in [0.5, 0.6) is 5.75 Å². The number of hydrogen-bond acceptors (Lipinski definition) is 3. The third-order valence-corrected chi connectivity index (χ3v) is 7.42. The van der Waals surface area contributed by atoms with Crippen molar-refractivity contribution in [2.75, 3.05) is 44.7 Å². The summed E-state index contributed by atoms with van der Waals surface area (Å²) in [5.41, 5.74) is 3.63. The highest BCUT2D eigenvalue weighted by atomic mass is 16.5. The molecular weight excluding hydrogens is 344 g/mol. The predicted molar refractivity (Wildman–Crippen MR) is 121 cm³/mol. The normalized spacial score (nSPS) is 28.6. The standard InChI is InChI=1S/C25H42N2O/c1-19(2)18-26-12-14-27(15-13-26)23-9-8-21(28-7)16-22(23)25(6)11-10-24(4,5)17-20(25)3/h8-9,16,19-20H,10-15,17-18H2,1-7H3. The lowest BCUT2D eigenvalue weighted by Crippen LogP contribution is -2.48. The highest BCUT2D eigenvalue weighted by Crippen LogP contribution is 2.52. The average Bonchev–Trinajstić information content (AvgIpc) is 2.64. The van der Waals surface area contributed by atoms with Crippen molar-refractivity contribution < 1.29 is 4.74 Å². The van der Waals surface area contributed by atoms with E-state index in [2.05, 4.69) is 69.5 Å². The number of nitrogens with zero attached hydrogens (tertiary/aromatic N) is 2. The van der Waals surface area contributed by atoms with Gasteiger partial charge in [0, 0.05) is 38.4 Å². The van der Waals surface area contributed by atoms with Crippen LogP contribution in [-0.4, -0.2) is 44.7 Å². The monoisotopic (exact) mass is 386 g/mol. The zero-order chi connectivity index (χ0) is 20.5. The van der Waals surface area contributed by atoms with Crippen LogP contribution in [0, 0.1) is 17.3 Å². The van der Waals surface area contributed by atoms with Crippen LogP contribution in [0.15, 0.2) is 18.2 Å². The minimum absolute atomic E-state index is 0.217. The number of ether oxygens (including phenoxy) is 1. The van der Waals surface area contributed by atoms with Crippen molar-refractivity contribution in [2.45, 2.75) is 66.2 Å². The van der Waals surface area contributed by atoms with Crippen LogP contribution >= 0.6 is 0 Å². The molecule has 2 atom stereocenters. The summed E-state index contributed by atoms with van der Waals surface area (Å²) in [4.78, 5) is 5.25. The molecule has 158 valence electrons. The average molecular weight is 387 g/mol. The van der Waals surface area contributed by atoms with E-state index in [1.165, 1.54) is 50.1 Å². The van der Waals surface area contributed by atoms with E-state index in [0.717, 1.165) is 24.8 Å². The molecule has 1 heterocycles. The first kappa shape index (κ1) is 21.5. The molecule has 1 aliphatic carbocycles. The van der Waals surface area contributed by atoms with Crippen molar-refractivity contribution in [2.24, 2.45) is 17.3 Å². The van der Waals surface area contributed by atoms with Crippen molar-refractivity contribution in [3.8, 4) is 5.75 Å². The topological polar surface area (TPSA) is 15.7 Å². The van der Waals surface area contributed by atoms with Crippen molar-refractivity contribution >= 4 is 5.69 Å². The van der Waals surface area contributed by atoms with Crippen LogP contribution in [0.25, 0.3) is 0 Å². The molecule has 0 amide bonds. The summed E-state index contributed by atoms with van der Waals surface area (Å²) in [6, 6.07) is 6.81. The fraction of sp³-hybridized carbons (Fsp3) is 0.760. The molecule has 1 saturated heterocycles. The highest BCUT2D eigenvalue weighted by molar-refractivity contribution is 5.60. The Labute approximate surface area is 173 Å². The highest BCUT2D eigenvalue weighted by Gasteiger charge is 2.43. The van der Waals surface area contributed by atoms with Crippen LogP contribution in [-0.2, 0) is 5.41 Å². The molecule has 28 heavy (non-hydrogen) atoms. The number of benzene rings is 1. The summed E-state index contributed by atoms with van der Waals surface area (Å²) in [5.74, 6) is 2.41. The molecule has 3 nitrogen and oxygen atoms in total. The first-order valence-corrected chi connectivity index (χ1v) is 11.3. The molecule has 0 N–H and O–H groups in total. The summed E-state index contributed by atoms with van der Waals surface area (Å²) in [6.45, 7) is 20.3. The molecule has 2 aliphatic rings. The zero-order valence-electron chi connectivity index (χ0n) is 19.3. The van der Waals surface area contributed by atoms with E-state index in [1.807, 2.05) is 0 Å². The molecule has 3 heteroatoms. The number of hydrogen-bond donors (Lipinski definition) is 0. The fourth-order valence-corrected chi connectivity index (χ4v) is 5.46. The van der Waals surface area contributed by atoms with Gasteiger partial charge in [-0.15, -0.1) is 0 Å². The van der Waals surface area contributed by atoms with Crippen molar-refractivity contribution in [3.05, 3.63) is 23.8 Å². The van der Waals surface area contributed by atoms with Gasteiger partial charge < -0.3 is 9.64 Å². The van der Waals surface area contributed by atoms with Gasteiger partial charge in [-0.1, -0.05) is 41.5 Å². The van der Waals surface area contributed by atoms with Gasteiger partial charge in [0.15, 0.2) is 0 Å². The van der Waals surface area contributed by atoms with Gasteiger partial charge in [-0.3, -0.25) is 4.90 Å². The molecule has 2 unspecified atom stereocenters. The van der Waals surface area contributed by atoms with Crippen molar-refractivity contribution in [1.82, 2.24) is 4.90 Å². The SMILES string of the molecule is COc1ccc(N2CCN(CC(C)C)CC2)c(C2(C)CCC(C)(C)CC2C)c1. The number of rotatable bonds is 5. The van der Waals surface area contributed by atoms with E-state index < -0.39 is 0 Å².